The van der Waals surface area contributed by atoms with Crippen LogP contribution in [0.5, 0.6) is 0 Å². The maximum atomic E-state index is 12.3. The molecule has 2 heterocycles. The van der Waals surface area contributed by atoms with Crippen molar-refractivity contribution < 1.29 is 0 Å². The number of likely N-dealkylation sites (N-methyl/N-ethyl adjacent to an activating group) is 1. The number of benzene rings is 1. The van der Waals surface area contributed by atoms with E-state index in [-0.39, 0.29) is 5.56 Å². The first kappa shape index (κ1) is 16.2. The van der Waals surface area contributed by atoms with Crippen LogP contribution in [0.3, 0.4) is 0 Å². The quantitative estimate of drug-likeness (QED) is 0.892. The Balaban J connectivity index is 1.71. The minimum atomic E-state index is 0.0204. The van der Waals surface area contributed by atoms with E-state index in [9.17, 15) is 4.79 Å². The number of nitrogens with zero attached hydrogens (tertiary/aromatic N) is 1. The normalized spacial score (nSPS) is 18.8. The third kappa shape index (κ3) is 3.48. The smallest absolute Gasteiger partial charge is 0.252 e. The number of likely N-dealkylation sites (tertiary alicyclic amines) is 1. The lowest BCUT2D eigenvalue weighted by Gasteiger charge is -2.22. The van der Waals surface area contributed by atoms with Crippen LogP contribution >= 0.6 is 0 Å². The minimum Gasteiger partial charge on any atom is -0.322 e. The van der Waals surface area contributed by atoms with Gasteiger partial charge in [0.15, 0.2) is 0 Å². The molecule has 4 nitrogen and oxygen atoms in total. The Morgan fingerprint density at radius 3 is 2.83 bits per heavy atom. The maximum absolute atomic E-state index is 12.3. The van der Waals surface area contributed by atoms with Gasteiger partial charge in [0.1, 0.15) is 0 Å². The summed E-state index contributed by atoms with van der Waals surface area (Å²) in [6.45, 7) is 10.3. The lowest BCUT2D eigenvalue weighted by atomic mass is 10.0. The molecule has 4 heteroatoms. The van der Waals surface area contributed by atoms with E-state index in [1.807, 2.05) is 6.07 Å². The van der Waals surface area contributed by atoms with E-state index >= 15 is 0 Å². The fourth-order valence-corrected chi connectivity index (χ4v) is 3.57. The highest BCUT2D eigenvalue weighted by Crippen LogP contribution is 2.18. The molecule has 2 aromatic rings. The molecule has 0 radical (unpaired) electrons. The first-order chi connectivity index (χ1) is 11.1. The van der Waals surface area contributed by atoms with Crippen molar-refractivity contribution in [3.05, 3.63) is 45.2 Å². The molecule has 1 aromatic carbocycles. The SMILES string of the molecule is CCN1CCC[C@H]1CNCc1cc2cc(C)c(C)cc2[nH]c1=O. The Morgan fingerprint density at radius 1 is 1.26 bits per heavy atom. The number of pyridine rings is 1. The molecule has 2 N–H and O–H groups in total. The molecule has 1 aliphatic heterocycles. The summed E-state index contributed by atoms with van der Waals surface area (Å²) in [6.07, 6.45) is 2.54. The van der Waals surface area contributed by atoms with Crippen LogP contribution in [0.1, 0.15) is 36.5 Å². The van der Waals surface area contributed by atoms with Crippen LogP contribution in [0.15, 0.2) is 23.0 Å². The van der Waals surface area contributed by atoms with E-state index < -0.39 is 0 Å². The van der Waals surface area contributed by atoms with Gasteiger partial charge >= 0.3 is 0 Å². The lowest BCUT2D eigenvalue weighted by molar-refractivity contribution is 0.260. The number of aromatic amines is 1. The van der Waals surface area contributed by atoms with Crippen molar-refractivity contribution in [3.8, 4) is 0 Å². The van der Waals surface area contributed by atoms with Crippen LogP contribution in [0, 0.1) is 13.8 Å². The number of nitrogens with one attached hydrogen (secondary N) is 2. The van der Waals surface area contributed by atoms with Crippen LogP contribution in [0.25, 0.3) is 10.9 Å². The standard InChI is InChI=1S/C19H27N3O/c1-4-22-7-5-6-17(22)12-20-11-16-10-15-8-13(2)14(3)9-18(15)21-19(16)23/h8-10,17,20H,4-7,11-12H2,1-3H3,(H,21,23)/t17-/m0/s1. The van der Waals surface area contributed by atoms with Crippen molar-refractivity contribution in [1.82, 2.24) is 15.2 Å². The van der Waals surface area contributed by atoms with Crippen LogP contribution in [0.4, 0.5) is 0 Å². The molecule has 23 heavy (non-hydrogen) atoms. The van der Waals surface area contributed by atoms with Crippen LogP contribution in [0.2, 0.25) is 0 Å². The summed E-state index contributed by atoms with van der Waals surface area (Å²) in [5.74, 6) is 0. The Hall–Kier alpha value is -1.65. The molecule has 1 fully saturated rings. The lowest BCUT2D eigenvalue weighted by Crippen LogP contribution is -2.38. The number of fused-ring (bicyclic) bond motifs is 1. The van der Waals surface area contributed by atoms with Gasteiger partial charge in [0.2, 0.25) is 0 Å². The molecule has 124 valence electrons. The van der Waals surface area contributed by atoms with Gasteiger partial charge in [0, 0.05) is 30.2 Å². The van der Waals surface area contributed by atoms with Crippen molar-refractivity contribution in [2.24, 2.45) is 0 Å². The second-order valence-electron chi connectivity index (χ2n) is 6.70. The van der Waals surface area contributed by atoms with E-state index in [4.69, 9.17) is 0 Å². The topological polar surface area (TPSA) is 48.1 Å². The molecular weight excluding hydrogens is 286 g/mol. The second kappa shape index (κ2) is 6.85. The van der Waals surface area contributed by atoms with Crippen LogP contribution in [-0.4, -0.2) is 35.6 Å². The Bertz CT molecular complexity index is 750. The molecule has 0 amide bonds. The zero-order valence-electron chi connectivity index (χ0n) is 14.4. The number of H-pyrrole nitrogens is 1. The zero-order valence-corrected chi connectivity index (χ0v) is 14.4. The molecule has 0 aliphatic carbocycles. The predicted molar refractivity (Wildman–Crippen MR) is 96.0 cm³/mol. The number of aromatic nitrogens is 1. The van der Waals surface area contributed by atoms with Gasteiger partial charge in [-0.1, -0.05) is 6.92 Å². The highest BCUT2D eigenvalue weighted by atomic mass is 16.1. The first-order valence-corrected chi connectivity index (χ1v) is 8.66. The fourth-order valence-electron chi connectivity index (χ4n) is 3.57. The second-order valence-corrected chi connectivity index (χ2v) is 6.70. The summed E-state index contributed by atoms with van der Waals surface area (Å²) in [5.41, 5.74) is 4.23. The van der Waals surface area contributed by atoms with Gasteiger partial charge in [-0.2, -0.15) is 0 Å². The third-order valence-corrected chi connectivity index (χ3v) is 5.14. The van der Waals surface area contributed by atoms with Crippen LogP contribution in [-0.2, 0) is 6.54 Å². The number of hydrogen-bond acceptors (Lipinski definition) is 3. The molecule has 1 aliphatic rings. The maximum Gasteiger partial charge on any atom is 0.252 e. The average molecular weight is 313 g/mol. The van der Waals surface area contributed by atoms with Gasteiger partial charge in [-0.05, 0) is 74.5 Å². The van der Waals surface area contributed by atoms with Gasteiger partial charge < -0.3 is 10.3 Å². The first-order valence-electron chi connectivity index (χ1n) is 8.66. The van der Waals surface area contributed by atoms with E-state index in [1.165, 1.54) is 30.5 Å². The van der Waals surface area contributed by atoms with Gasteiger partial charge in [0.05, 0.1) is 0 Å². The monoisotopic (exact) mass is 313 g/mol. The van der Waals surface area contributed by atoms with E-state index in [0.29, 0.717) is 12.6 Å². The van der Waals surface area contributed by atoms with E-state index in [1.54, 1.807) is 0 Å². The van der Waals surface area contributed by atoms with Gasteiger partial charge in [-0.15, -0.1) is 0 Å². The summed E-state index contributed by atoms with van der Waals surface area (Å²) in [5, 5.41) is 4.59. The predicted octanol–water partition coefficient (Wildman–Crippen LogP) is 2.72. The van der Waals surface area contributed by atoms with Gasteiger partial charge in [-0.25, -0.2) is 0 Å². The summed E-state index contributed by atoms with van der Waals surface area (Å²) in [4.78, 5) is 17.8. The third-order valence-electron chi connectivity index (χ3n) is 5.14. The highest BCUT2D eigenvalue weighted by molar-refractivity contribution is 5.80. The Morgan fingerprint density at radius 2 is 2.04 bits per heavy atom. The number of rotatable bonds is 5. The Labute approximate surface area is 137 Å². The van der Waals surface area contributed by atoms with E-state index in [2.05, 4.69) is 48.1 Å². The molecule has 0 spiro atoms. The summed E-state index contributed by atoms with van der Waals surface area (Å²) in [7, 11) is 0. The summed E-state index contributed by atoms with van der Waals surface area (Å²) >= 11 is 0. The largest absolute Gasteiger partial charge is 0.322 e. The van der Waals surface area contributed by atoms with Gasteiger partial charge in [-0.3, -0.25) is 9.69 Å². The van der Waals surface area contributed by atoms with Crippen molar-refractivity contribution in [1.29, 1.82) is 0 Å². The molecule has 3 rings (SSSR count). The molecular formula is C19H27N3O. The summed E-state index contributed by atoms with van der Waals surface area (Å²) in [6, 6.07) is 6.85. The minimum absolute atomic E-state index is 0.0204. The number of aryl methyl sites for hydroxylation is 2. The highest BCUT2D eigenvalue weighted by Gasteiger charge is 2.22. The van der Waals surface area contributed by atoms with E-state index in [0.717, 1.165) is 29.6 Å². The molecule has 0 bridgehead atoms. The van der Waals surface area contributed by atoms with Crippen molar-refractivity contribution in [3.63, 3.8) is 0 Å². The molecule has 1 atom stereocenters. The fraction of sp³-hybridized carbons (Fsp3) is 0.526. The van der Waals surface area contributed by atoms with Gasteiger partial charge in [0.25, 0.3) is 5.56 Å². The van der Waals surface area contributed by atoms with Crippen molar-refractivity contribution in [2.45, 2.75) is 46.2 Å². The molecule has 1 saturated heterocycles. The Kier molecular flexibility index (Phi) is 4.83. The average Bonchev–Trinajstić information content (AvgIpc) is 2.97. The molecule has 0 unspecified atom stereocenters. The summed E-state index contributed by atoms with van der Waals surface area (Å²) < 4.78 is 0. The van der Waals surface area contributed by atoms with Crippen molar-refractivity contribution >= 4 is 10.9 Å². The molecule has 1 aromatic heterocycles. The van der Waals surface area contributed by atoms with Crippen molar-refractivity contribution in [2.75, 3.05) is 19.6 Å². The molecule has 0 saturated carbocycles. The van der Waals surface area contributed by atoms with Crippen LogP contribution < -0.4 is 10.9 Å². The zero-order chi connectivity index (χ0) is 16.4. The number of hydrogen-bond donors (Lipinski definition) is 2.